The summed E-state index contributed by atoms with van der Waals surface area (Å²) in [5.41, 5.74) is 0. The SMILES string of the molecule is CSCc1ccc(C(=O)N[C@@H](CO)C(=O)O)o1. The fourth-order valence-electron chi connectivity index (χ4n) is 1.13. The van der Waals surface area contributed by atoms with Crippen LogP contribution in [0.4, 0.5) is 0 Å². The van der Waals surface area contributed by atoms with Crippen molar-refractivity contribution in [3.8, 4) is 0 Å². The normalized spacial score (nSPS) is 12.1. The molecule has 0 radical (unpaired) electrons. The zero-order valence-electron chi connectivity index (χ0n) is 9.17. The quantitative estimate of drug-likeness (QED) is 0.680. The van der Waals surface area contributed by atoms with Crippen LogP contribution in [-0.2, 0) is 10.5 Å². The molecule has 1 aromatic heterocycles. The average Bonchev–Trinajstić information content (AvgIpc) is 2.74. The number of furan rings is 1. The van der Waals surface area contributed by atoms with Crippen molar-refractivity contribution in [1.29, 1.82) is 0 Å². The fourth-order valence-corrected chi connectivity index (χ4v) is 1.57. The largest absolute Gasteiger partial charge is 0.480 e. The highest BCUT2D eigenvalue weighted by atomic mass is 32.2. The Kier molecular flexibility index (Phi) is 5.05. The first kappa shape index (κ1) is 13.6. The molecule has 17 heavy (non-hydrogen) atoms. The molecule has 0 aromatic carbocycles. The highest BCUT2D eigenvalue weighted by molar-refractivity contribution is 7.97. The summed E-state index contributed by atoms with van der Waals surface area (Å²) in [4.78, 5) is 22.1. The molecule has 0 spiro atoms. The third-order valence-corrected chi connectivity index (χ3v) is 2.53. The molecule has 0 aliphatic rings. The van der Waals surface area contributed by atoms with Gasteiger partial charge in [0.05, 0.1) is 12.4 Å². The van der Waals surface area contributed by atoms with Crippen LogP contribution in [0.3, 0.4) is 0 Å². The number of rotatable bonds is 6. The van der Waals surface area contributed by atoms with Gasteiger partial charge in [-0.25, -0.2) is 4.79 Å². The summed E-state index contributed by atoms with van der Waals surface area (Å²) in [6.45, 7) is -0.667. The van der Waals surface area contributed by atoms with Crippen molar-refractivity contribution in [2.75, 3.05) is 12.9 Å². The van der Waals surface area contributed by atoms with Crippen molar-refractivity contribution in [3.63, 3.8) is 0 Å². The number of hydrogen-bond donors (Lipinski definition) is 3. The van der Waals surface area contributed by atoms with Crippen molar-refractivity contribution in [1.82, 2.24) is 5.32 Å². The van der Waals surface area contributed by atoms with Crippen molar-refractivity contribution in [2.45, 2.75) is 11.8 Å². The number of nitrogens with one attached hydrogen (secondary N) is 1. The molecule has 0 aliphatic carbocycles. The molecule has 3 N–H and O–H groups in total. The lowest BCUT2D eigenvalue weighted by Gasteiger charge is -2.09. The number of carboxylic acid groups (broad SMARTS) is 1. The molecule has 0 saturated heterocycles. The van der Waals surface area contributed by atoms with Gasteiger partial charge in [-0.2, -0.15) is 11.8 Å². The number of hydrogen-bond acceptors (Lipinski definition) is 5. The van der Waals surface area contributed by atoms with Gasteiger partial charge < -0.3 is 19.9 Å². The minimum atomic E-state index is -1.32. The number of carbonyl (C=O) groups excluding carboxylic acids is 1. The second kappa shape index (κ2) is 6.31. The Morgan fingerprint density at radius 2 is 2.24 bits per heavy atom. The number of carbonyl (C=O) groups is 2. The van der Waals surface area contributed by atoms with Crippen LogP contribution in [0.2, 0.25) is 0 Å². The number of carboxylic acids is 1. The summed E-state index contributed by atoms with van der Waals surface area (Å²) in [5, 5.41) is 19.6. The Balaban J connectivity index is 2.65. The molecule has 6 nitrogen and oxygen atoms in total. The van der Waals surface area contributed by atoms with Gasteiger partial charge >= 0.3 is 5.97 Å². The van der Waals surface area contributed by atoms with Crippen LogP contribution in [0.1, 0.15) is 16.3 Å². The number of aliphatic hydroxyl groups excluding tert-OH is 1. The fraction of sp³-hybridized carbons (Fsp3) is 0.400. The summed E-state index contributed by atoms with van der Waals surface area (Å²) in [6, 6.07) is 1.80. The highest BCUT2D eigenvalue weighted by Crippen LogP contribution is 2.13. The van der Waals surface area contributed by atoms with E-state index < -0.39 is 24.5 Å². The first-order chi connectivity index (χ1) is 8.08. The van der Waals surface area contributed by atoms with E-state index in [2.05, 4.69) is 5.32 Å². The van der Waals surface area contributed by atoms with Gasteiger partial charge in [0.15, 0.2) is 11.8 Å². The van der Waals surface area contributed by atoms with E-state index in [9.17, 15) is 9.59 Å². The molecule has 1 aromatic rings. The highest BCUT2D eigenvalue weighted by Gasteiger charge is 2.21. The van der Waals surface area contributed by atoms with Gasteiger partial charge in [-0.1, -0.05) is 0 Å². The van der Waals surface area contributed by atoms with E-state index in [0.717, 1.165) is 0 Å². The maximum absolute atomic E-state index is 11.5. The Morgan fingerprint density at radius 1 is 1.53 bits per heavy atom. The lowest BCUT2D eigenvalue weighted by molar-refractivity contribution is -0.140. The van der Waals surface area contributed by atoms with Crippen LogP contribution in [0.25, 0.3) is 0 Å². The molecule has 1 heterocycles. The van der Waals surface area contributed by atoms with Gasteiger partial charge in [-0.15, -0.1) is 0 Å². The van der Waals surface area contributed by atoms with Crippen molar-refractivity contribution >= 4 is 23.6 Å². The van der Waals surface area contributed by atoms with Crippen LogP contribution in [-0.4, -0.2) is 41.0 Å². The van der Waals surface area contributed by atoms with Crippen molar-refractivity contribution in [2.24, 2.45) is 0 Å². The average molecular weight is 259 g/mol. The molecule has 0 saturated carbocycles. The van der Waals surface area contributed by atoms with Gasteiger partial charge in [0.2, 0.25) is 0 Å². The third kappa shape index (κ3) is 3.79. The van der Waals surface area contributed by atoms with Crippen molar-refractivity contribution < 1.29 is 24.2 Å². The van der Waals surface area contributed by atoms with Gasteiger partial charge in [0, 0.05) is 0 Å². The topological polar surface area (TPSA) is 99.8 Å². The zero-order valence-corrected chi connectivity index (χ0v) is 9.99. The third-order valence-electron chi connectivity index (χ3n) is 1.96. The van der Waals surface area contributed by atoms with Gasteiger partial charge in [-0.05, 0) is 18.4 Å². The Bertz CT molecular complexity index is 403. The lowest BCUT2D eigenvalue weighted by atomic mass is 10.3. The summed E-state index contributed by atoms with van der Waals surface area (Å²) in [7, 11) is 0. The standard InChI is InChI=1S/C10H13NO5S/c1-17-5-6-2-3-8(16-6)9(13)11-7(4-12)10(14)15/h2-3,7,12H,4-5H2,1H3,(H,11,13)(H,14,15)/t7-/m0/s1. The molecule has 0 unspecified atom stereocenters. The first-order valence-corrected chi connectivity index (χ1v) is 6.20. The lowest BCUT2D eigenvalue weighted by Crippen LogP contribution is -2.43. The molecular formula is C10H13NO5S. The zero-order chi connectivity index (χ0) is 12.8. The number of amides is 1. The van der Waals surface area contributed by atoms with Crippen LogP contribution < -0.4 is 5.32 Å². The van der Waals surface area contributed by atoms with Crippen molar-refractivity contribution in [3.05, 3.63) is 23.7 Å². The van der Waals surface area contributed by atoms with Crippen LogP contribution in [0.15, 0.2) is 16.5 Å². The van der Waals surface area contributed by atoms with E-state index >= 15 is 0 Å². The Hall–Kier alpha value is -1.47. The second-order valence-electron chi connectivity index (χ2n) is 3.25. The Morgan fingerprint density at radius 3 is 2.76 bits per heavy atom. The molecular weight excluding hydrogens is 246 g/mol. The monoisotopic (exact) mass is 259 g/mol. The number of aliphatic hydroxyl groups is 1. The molecule has 0 bridgehead atoms. The minimum Gasteiger partial charge on any atom is -0.480 e. The maximum Gasteiger partial charge on any atom is 0.328 e. The van der Waals surface area contributed by atoms with Crippen LogP contribution in [0, 0.1) is 0 Å². The molecule has 1 amide bonds. The van der Waals surface area contributed by atoms with E-state index in [1.807, 2.05) is 6.26 Å². The molecule has 0 aliphatic heterocycles. The molecule has 1 atom stereocenters. The second-order valence-corrected chi connectivity index (χ2v) is 4.11. The van der Waals surface area contributed by atoms with Crippen LogP contribution >= 0.6 is 11.8 Å². The molecule has 0 fully saturated rings. The van der Waals surface area contributed by atoms with Crippen LogP contribution in [0.5, 0.6) is 0 Å². The van der Waals surface area contributed by atoms with Gasteiger partial charge in [0.25, 0.3) is 5.91 Å². The van der Waals surface area contributed by atoms with Gasteiger partial charge in [-0.3, -0.25) is 4.79 Å². The minimum absolute atomic E-state index is 0.0359. The van der Waals surface area contributed by atoms with E-state index in [1.54, 1.807) is 17.8 Å². The molecule has 7 heteroatoms. The van der Waals surface area contributed by atoms with E-state index in [4.69, 9.17) is 14.6 Å². The summed E-state index contributed by atoms with van der Waals surface area (Å²) < 4.78 is 5.20. The molecule has 1 rings (SSSR count). The summed E-state index contributed by atoms with van der Waals surface area (Å²) in [6.07, 6.45) is 1.90. The molecule has 94 valence electrons. The summed E-state index contributed by atoms with van der Waals surface area (Å²) in [5.74, 6) is -0.641. The predicted octanol–water partition coefficient (Wildman–Crippen LogP) is 0.318. The summed E-state index contributed by atoms with van der Waals surface area (Å²) >= 11 is 1.54. The predicted molar refractivity (Wildman–Crippen MR) is 61.9 cm³/mol. The number of aliphatic carboxylic acids is 1. The van der Waals surface area contributed by atoms with E-state index in [0.29, 0.717) is 11.5 Å². The smallest absolute Gasteiger partial charge is 0.328 e. The van der Waals surface area contributed by atoms with E-state index in [1.165, 1.54) is 6.07 Å². The maximum atomic E-state index is 11.5. The Labute approximate surface area is 102 Å². The van der Waals surface area contributed by atoms with E-state index in [-0.39, 0.29) is 5.76 Å². The number of thioether (sulfide) groups is 1. The first-order valence-electron chi connectivity index (χ1n) is 4.80. The van der Waals surface area contributed by atoms with Gasteiger partial charge in [0.1, 0.15) is 5.76 Å².